The summed E-state index contributed by atoms with van der Waals surface area (Å²) in [4.78, 5) is 9.35. The smallest absolute Gasteiger partial charge is 0.231 e. The molecule has 162 valence electrons. The molecule has 2 N–H and O–H groups in total. The molecule has 0 bridgehead atoms. The van der Waals surface area contributed by atoms with E-state index in [1.54, 1.807) is 6.07 Å². The van der Waals surface area contributed by atoms with Crippen LogP contribution in [0.1, 0.15) is 12.5 Å². The van der Waals surface area contributed by atoms with Crippen LogP contribution in [0.25, 0.3) is 0 Å². The third kappa shape index (κ3) is 5.21. The Morgan fingerprint density at radius 2 is 1.83 bits per heavy atom. The molecule has 7 nitrogen and oxygen atoms in total. The first-order chi connectivity index (χ1) is 14.2. The Morgan fingerprint density at radius 1 is 1.07 bits per heavy atom. The number of nitrogens with zero attached hydrogens (tertiary/aromatic N) is 3. The first kappa shape index (κ1) is 22.3. The number of anilines is 1. The molecule has 0 aliphatic carbocycles. The number of guanidine groups is 1. The molecule has 2 aliphatic heterocycles. The van der Waals surface area contributed by atoms with Crippen LogP contribution in [-0.4, -0.2) is 62.0 Å². The van der Waals surface area contributed by atoms with Gasteiger partial charge < -0.3 is 29.7 Å². The van der Waals surface area contributed by atoms with Gasteiger partial charge in [-0.05, 0) is 43.2 Å². The lowest BCUT2D eigenvalue weighted by molar-refractivity contribution is 0.174. The number of phenolic OH excluding ortho intramolecular Hbond substituents is 1. The van der Waals surface area contributed by atoms with E-state index in [9.17, 15) is 5.11 Å². The maximum Gasteiger partial charge on any atom is 0.231 e. The Kier molecular flexibility index (Phi) is 7.89. The van der Waals surface area contributed by atoms with Crippen LogP contribution in [0.15, 0.2) is 47.5 Å². The zero-order chi connectivity index (χ0) is 20.1. The molecule has 0 radical (unpaired) electrons. The van der Waals surface area contributed by atoms with E-state index in [0.717, 1.165) is 62.3 Å². The average molecular weight is 524 g/mol. The van der Waals surface area contributed by atoms with Crippen LogP contribution < -0.4 is 19.7 Å². The molecule has 0 saturated carbocycles. The summed E-state index contributed by atoms with van der Waals surface area (Å²) >= 11 is 0. The molecule has 0 amide bonds. The molecular formula is C22H29IN4O3. The maximum atomic E-state index is 10.1. The van der Waals surface area contributed by atoms with Crippen LogP contribution in [0.5, 0.6) is 17.2 Å². The highest BCUT2D eigenvalue weighted by atomic mass is 127. The van der Waals surface area contributed by atoms with Crippen molar-refractivity contribution >= 4 is 35.6 Å². The number of piperazine rings is 1. The molecule has 0 spiro atoms. The normalized spacial score (nSPS) is 15.7. The van der Waals surface area contributed by atoms with Gasteiger partial charge in [0.2, 0.25) is 6.79 Å². The van der Waals surface area contributed by atoms with Crippen molar-refractivity contribution in [3.05, 3.63) is 48.0 Å². The van der Waals surface area contributed by atoms with Gasteiger partial charge in [0.25, 0.3) is 0 Å². The summed E-state index contributed by atoms with van der Waals surface area (Å²) in [6.07, 6.45) is 0.851. The first-order valence-electron chi connectivity index (χ1n) is 10.2. The molecule has 0 aromatic heterocycles. The molecule has 0 atom stereocenters. The summed E-state index contributed by atoms with van der Waals surface area (Å²) in [5.41, 5.74) is 2.09. The van der Waals surface area contributed by atoms with Crippen LogP contribution >= 0.6 is 24.0 Å². The fraction of sp³-hybridized carbons (Fsp3) is 0.409. The molecule has 2 aromatic carbocycles. The number of benzene rings is 2. The molecule has 2 aliphatic rings. The van der Waals surface area contributed by atoms with Gasteiger partial charge in [-0.3, -0.25) is 4.99 Å². The SMILES string of the molecule is CCNC(=NCCc1ccc2c(c1)OCO2)N1CCN(c2ccccc2O)CC1.I. The van der Waals surface area contributed by atoms with Gasteiger partial charge in [0.15, 0.2) is 17.5 Å². The minimum atomic E-state index is 0. The van der Waals surface area contributed by atoms with Gasteiger partial charge in [-0.25, -0.2) is 0 Å². The quantitative estimate of drug-likeness (QED) is 0.356. The lowest BCUT2D eigenvalue weighted by Crippen LogP contribution is -2.52. The third-order valence-electron chi connectivity index (χ3n) is 5.24. The number of aliphatic imine (C=N–C) groups is 1. The number of hydrogen-bond donors (Lipinski definition) is 2. The Labute approximate surface area is 194 Å². The van der Waals surface area contributed by atoms with Gasteiger partial charge in [-0.1, -0.05) is 18.2 Å². The Balaban J connectivity index is 0.00000256. The maximum absolute atomic E-state index is 10.1. The molecule has 4 rings (SSSR count). The van der Waals surface area contributed by atoms with Crippen LogP contribution in [-0.2, 0) is 6.42 Å². The minimum Gasteiger partial charge on any atom is -0.506 e. The summed E-state index contributed by atoms with van der Waals surface area (Å²) < 4.78 is 10.8. The van der Waals surface area contributed by atoms with Gasteiger partial charge in [0, 0.05) is 39.3 Å². The van der Waals surface area contributed by atoms with E-state index in [1.807, 2.05) is 30.3 Å². The zero-order valence-electron chi connectivity index (χ0n) is 17.2. The Hall–Kier alpha value is -2.36. The molecule has 0 unspecified atom stereocenters. The van der Waals surface area contributed by atoms with E-state index in [0.29, 0.717) is 19.1 Å². The van der Waals surface area contributed by atoms with Gasteiger partial charge >= 0.3 is 0 Å². The number of phenols is 1. The molecule has 2 aromatic rings. The van der Waals surface area contributed by atoms with Gasteiger partial charge in [0.05, 0.1) is 5.69 Å². The van der Waals surface area contributed by atoms with Crippen LogP contribution in [0.2, 0.25) is 0 Å². The van der Waals surface area contributed by atoms with E-state index < -0.39 is 0 Å². The molecule has 1 saturated heterocycles. The van der Waals surface area contributed by atoms with E-state index in [4.69, 9.17) is 14.5 Å². The number of nitrogens with one attached hydrogen (secondary N) is 1. The summed E-state index contributed by atoms with van der Waals surface area (Å²) in [5.74, 6) is 2.92. The Bertz CT molecular complexity index is 869. The zero-order valence-corrected chi connectivity index (χ0v) is 19.5. The monoisotopic (exact) mass is 524 g/mol. The highest BCUT2D eigenvalue weighted by molar-refractivity contribution is 14.0. The summed E-state index contributed by atoms with van der Waals surface area (Å²) in [6.45, 7) is 7.37. The van der Waals surface area contributed by atoms with E-state index >= 15 is 0 Å². The largest absolute Gasteiger partial charge is 0.506 e. The Morgan fingerprint density at radius 3 is 2.60 bits per heavy atom. The first-order valence-corrected chi connectivity index (χ1v) is 10.2. The predicted molar refractivity (Wildman–Crippen MR) is 130 cm³/mol. The number of para-hydroxylation sites is 2. The van der Waals surface area contributed by atoms with Crippen LogP contribution in [0.3, 0.4) is 0 Å². The molecule has 2 heterocycles. The van der Waals surface area contributed by atoms with Crippen molar-refractivity contribution in [1.29, 1.82) is 0 Å². The van der Waals surface area contributed by atoms with Crippen LogP contribution in [0.4, 0.5) is 5.69 Å². The average Bonchev–Trinajstić information content (AvgIpc) is 3.22. The third-order valence-corrected chi connectivity index (χ3v) is 5.24. The number of rotatable bonds is 5. The van der Waals surface area contributed by atoms with Crippen molar-refractivity contribution < 1.29 is 14.6 Å². The van der Waals surface area contributed by atoms with Crippen molar-refractivity contribution in [2.45, 2.75) is 13.3 Å². The molecular weight excluding hydrogens is 495 g/mol. The van der Waals surface area contributed by atoms with Crippen molar-refractivity contribution in [3.8, 4) is 17.2 Å². The van der Waals surface area contributed by atoms with Crippen molar-refractivity contribution in [1.82, 2.24) is 10.2 Å². The van der Waals surface area contributed by atoms with E-state index in [1.165, 1.54) is 5.56 Å². The standard InChI is InChI=1S/C22H28N4O3.HI/c1-2-23-22(24-10-9-17-7-8-20-21(15-17)29-16-28-20)26-13-11-25(12-14-26)18-5-3-4-6-19(18)27;/h3-8,15,27H,2,9-14,16H2,1H3,(H,23,24);1H. The second-order valence-corrected chi connectivity index (χ2v) is 7.14. The highest BCUT2D eigenvalue weighted by Crippen LogP contribution is 2.32. The summed E-state index contributed by atoms with van der Waals surface area (Å²) in [5, 5.41) is 13.5. The van der Waals surface area contributed by atoms with Crippen molar-refractivity contribution in [2.75, 3.05) is 51.0 Å². The van der Waals surface area contributed by atoms with E-state index in [-0.39, 0.29) is 24.0 Å². The van der Waals surface area contributed by atoms with Crippen LogP contribution in [0, 0.1) is 0 Å². The van der Waals surface area contributed by atoms with Gasteiger partial charge in [-0.15, -0.1) is 24.0 Å². The van der Waals surface area contributed by atoms with Gasteiger partial charge in [0.1, 0.15) is 5.75 Å². The van der Waals surface area contributed by atoms with Crippen molar-refractivity contribution in [3.63, 3.8) is 0 Å². The fourth-order valence-electron chi connectivity index (χ4n) is 3.70. The van der Waals surface area contributed by atoms with Gasteiger partial charge in [-0.2, -0.15) is 0 Å². The minimum absolute atomic E-state index is 0. The summed E-state index contributed by atoms with van der Waals surface area (Å²) in [6, 6.07) is 13.6. The highest BCUT2D eigenvalue weighted by Gasteiger charge is 2.21. The lowest BCUT2D eigenvalue weighted by atomic mass is 10.1. The molecule has 8 heteroatoms. The summed E-state index contributed by atoms with van der Waals surface area (Å²) in [7, 11) is 0. The van der Waals surface area contributed by atoms with Crippen molar-refractivity contribution in [2.24, 2.45) is 4.99 Å². The second-order valence-electron chi connectivity index (χ2n) is 7.14. The van der Waals surface area contributed by atoms with E-state index in [2.05, 4.69) is 28.1 Å². The lowest BCUT2D eigenvalue weighted by Gasteiger charge is -2.37. The number of hydrogen-bond acceptors (Lipinski definition) is 5. The number of halogens is 1. The predicted octanol–water partition coefficient (Wildman–Crippen LogP) is 3.07. The fourth-order valence-corrected chi connectivity index (χ4v) is 3.70. The topological polar surface area (TPSA) is 69.6 Å². The number of ether oxygens (including phenoxy) is 2. The second kappa shape index (κ2) is 10.6. The number of aromatic hydroxyl groups is 1. The molecule has 30 heavy (non-hydrogen) atoms. The molecule has 1 fully saturated rings. The number of fused-ring (bicyclic) bond motifs is 1.